The molecule has 0 saturated heterocycles. The fourth-order valence-electron chi connectivity index (χ4n) is 1.72. The summed E-state index contributed by atoms with van der Waals surface area (Å²) in [7, 11) is 0. The SMILES string of the molecule is C=CCNC(=O)c1ccnc(C(=O)Nc2cccc(Br)c2)c1. The zero-order chi connectivity index (χ0) is 15.9. The molecule has 2 N–H and O–H groups in total. The van der Waals surface area contributed by atoms with Crippen LogP contribution in [0.25, 0.3) is 0 Å². The van der Waals surface area contributed by atoms with Crippen molar-refractivity contribution >= 4 is 33.4 Å². The number of hydrogen-bond donors (Lipinski definition) is 2. The van der Waals surface area contributed by atoms with Crippen molar-refractivity contribution in [2.45, 2.75) is 0 Å². The number of carbonyl (C=O) groups is 2. The fourth-order valence-corrected chi connectivity index (χ4v) is 2.12. The van der Waals surface area contributed by atoms with Gasteiger partial charge in [0.25, 0.3) is 11.8 Å². The summed E-state index contributed by atoms with van der Waals surface area (Å²) >= 11 is 3.34. The molecule has 2 amide bonds. The smallest absolute Gasteiger partial charge is 0.274 e. The topological polar surface area (TPSA) is 71.1 Å². The van der Waals surface area contributed by atoms with Gasteiger partial charge in [-0.3, -0.25) is 14.6 Å². The van der Waals surface area contributed by atoms with Gasteiger partial charge in [-0.1, -0.05) is 28.1 Å². The molecule has 0 saturated carbocycles. The number of aromatic nitrogens is 1. The first-order valence-electron chi connectivity index (χ1n) is 6.52. The van der Waals surface area contributed by atoms with Crippen molar-refractivity contribution in [3.63, 3.8) is 0 Å². The van der Waals surface area contributed by atoms with Crippen molar-refractivity contribution in [3.05, 3.63) is 71.0 Å². The molecule has 1 heterocycles. The van der Waals surface area contributed by atoms with E-state index in [1.54, 1.807) is 24.3 Å². The van der Waals surface area contributed by atoms with Crippen LogP contribution in [0, 0.1) is 0 Å². The number of halogens is 1. The first-order chi connectivity index (χ1) is 10.6. The maximum Gasteiger partial charge on any atom is 0.274 e. The fraction of sp³-hybridized carbons (Fsp3) is 0.0625. The second kappa shape index (κ2) is 7.51. The molecule has 0 aliphatic rings. The van der Waals surface area contributed by atoms with E-state index in [2.05, 4.69) is 38.1 Å². The van der Waals surface area contributed by atoms with E-state index in [9.17, 15) is 9.59 Å². The molecule has 0 spiro atoms. The molecule has 0 fully saturated rings. The Morgan fingerprint density at radius 2 is 2.05 bits per heavy atom. The second-order valence-corrected chi connectivity index (χ2v) is 5.31. The Morgan fingerprint density at radius 3 is 2.77 bits per heavy atom. The summed E-state index contributed by atoms with van der Waals surface area (Å²) in [5.41, 5.74) is 1.19. The van der Waals surface area contributed by atoms with Gasteiger partial charge >= 0.3 is 0 Å². The van der Waals surface area contributed by atoms with Crippen molar-refractivity contribution in [2.24, 2.45) is 0 Å². The lowest BCUT2D eigenvalue weighted by Gasteiger charge is -2.07. The summed E-state index contributed by atoms with van der Waals surface area (Å²) in [6.45, 7) is 3.89. The van der Waals surface area contributed by atoms with Gasteiger partial charge in [0, 0.05) is 28.5 Å². The molecule has 1 aromatic heterocycles. The Balaban J connectivity index is 2.13. The van der Waals surface area contributed by atoms with Gasteiger partial charge in [0.15, 0.2) is 0 Å². The molecule has 5 nitrogen and oxygen atoms in total. The predicted molar refractivity (Wildman–Crippen MR) is 88.9 cm³/mol. The Hall–Kier alpha value is -2.47. The number of carbonyl (C=O) groups excluding carboxylic acids is 2. The van der Waals surface area contributed by atoms with Gasteiger partial charge in [-0.05, 0) is 30.3 Å². The average Bonchev–Trinajstić information content (AvgIpc) is 2.52. The lowest BCUT2D eigenvalue weighted by atomic mass is 10.2. The third kappa shape index (κ3) is 4.26. The summed E-state index contributed by atoms with van der Waals surface area (Å²) in [5.74, 6) is -0.657. The lowest BCUT2D eigenvalue weighted by molar-refractivity contribution is 0.0958. The van der Waals surface area contributed by atoms with Crippen LogP contribution >= 0.6 is 15.9 Å². The van der Waals surface area contributed by atoms with Crippen LogP contribution in [-0.2, 0) is 0 Å². The highest BCUT2D eigenvalue weighted by molar-refractivity contribution is 9.10. The quantitative estimate of drug-likeness (QED) is 0.806. The van der Waals surface area contributed by atoms with Crippen molar-refractivity contribution in [3.8, 4) is 0 Å². The summed E-state index contributed by atoms with van der Waals surface area (Å²) in [4.78, 5) is 28.0. The van der Waals surface area contributed by atoms with Crippen LogP contribution in [-0.4, -0.2) is 23.3 Å². The van der Waals surface area contributed by atoms with E-state index < -0.39 is 0 Å². The van der Waals surface area contributed by atoms with Gasteiger partial charge in [0.1, 0.15) is 5.69 Å². The van der Waals surface area contributed by atoms with E-state index in [-0.39, 0.29) is 17.5 Å². The molecule has 2 rings (SSSR count). The van der Waals surface area contributed by atoms with Gasteiger partial charge in [0.05, 0.1) is 0 Å². The first-order valence-corrected chi connectivity index (χ1v) is 7.31. The van der Waals surface area contributed by atoms with E-state index in [1.165, 1.54) is 12.3 Å². The van der Waals surface area contributed by atoms with Crippen LogP contribution in [0.15, 0.2) is 59.7 Å². The Kier molecular flexibility index (Phi) is 5.43. The molecule has 0 aliphatic carbocycles. The van der Waals surface area contributed by atoms with Crippen LogP contribution in [0.2, 0.25) is 0 Å². The molecule has 0 bridgehead atoms. The van der Waals surface area contributed by atoms with Gasteiger partial charge < -0.3 is 10.6 Å². The van der Waals surface area contributed by atoms with Gasteiger partial charge in [0.2, 0.25) is 0 Å². The van der Waals surface area contributed by atoms with E-state index in [0.29, 0.717) is 17.8 Å². The molecular weight excluding hydrogens is 346 g/mol. The summed E-state index contributed by atoms with van der Waals surface area (Å²) in [6.07, 6.45) is 3.01. The van der Waals surface area contributed by atoms with Crippen molar-refractivity contribution < 1.29 is 9.59 Å². The zero-order valence-electron chi connectivity index (χ0n) is 11.7. The Morgan fingerprint density at radius 1 is 1.23 bits per heavy atom. The highest BCUT2D eigenvalue weighted by atomic mass is 79.9. The maximum absolute atomic E-state index is 12.2. The van der Waals surface area contributed by atoms with E-state index >= 15 is 0 Å². The molecular formula is C16H14BrN3O2. The van der Waals surface area contributed by atoms with Crippen molar-refractivity contribution in [2.75, 3.05) is 11.9 Å². The highest BCUT2D eigenvalue weighted by Crippen LogP contribution is 2.16. The number of rotatable bonds is 5. The van der Waals surface area contributed by atoms with Crippen LogP contribution < -0.4 is 10.6 Å². The minimum Gasteiger partial charge on any atom is -0.349 e. The van der Waals surface area contributed by atoms with Crippen molar-refractivity contribution in [1.82, 2.24) is 10.3 Å². The number of pyridine rings is 1. The minimum atomic E-state index is -0.378. The summed E-state index contributed by atoms with van der Waals surface area (Å²) in [6, 6.07) is 10.2. The van der Waals surface area contributed by atoms with E-state index in [4.69, 9.17) is 0 Å². The largest absolute Gasteiger partial charge is 0.349 e. The van der Waals surface area contributed by atoms with Gasteiger partial charge in [-0.15, -0.1) is 6.58 Å². The van der Waals surface area contributed by atoms with Crippen LogP contribution in [0.3, 0.4) is 0 Å². The molecule has 1 aromatic carbocycles. The average molecular weight is 360 g/mol. The molecule has 2 aromatic rings. The molecule has 0 atom stereocenters. The molecule has 0 unspecified atom stereocenters. The molecule has 6 heteroatoms. The predicted octanol–water partition coefficient (Wildman–Crippen LogP) is 3.01. The zero-order valence-corrected chi connectivity index (χ0v) is 13.3. The van der Waals surface area contributed by atoms with Crippen molar-refractivity contribution in [1.29, 1.82) is 0 Å². The normalized spacial score (nSPS) is 9.86. The number of nitrogens with one attached hydrogen (secondary N) is 2. The number of benzene rings is 1. The van der Waals surface area contributed by atoms with Crippen LogP contribution in [0.4, 0.5) is 5.69 Å². The van der Waals surface area contributed by atoms with Gasteiger partial charge in [-0.25, -0.2) is 0 Å². The summed E-state index contributed by atoms with van der Waals surface area (Å²) < 4.78 is 0.857. The van der Waals surface area contributed by atoms with Gasteiger partial charge in [-0.2, -0.15) is 0 Å². The van der Waals surface area contributed by atoms with E-state index in [1.807, 2.05) is 12.1 Å². The molecule has 0 radical (unpaired) electrons. The summed E-state index contributed by atoms with van der Waals surface area (Å²) in [5, 5.41) is 5.38. The third-order valence-electron chi connectivity index (χ3n) is 2.74. The maximum atomic E-state index is 12.2. The monoisotopic (exact) mass is 359 g/mol. The van der Waals surface area contributed by atoms with Crippen LogP contribution in [0.5, 0.6) is 0 Å². The Bertz CT molecular complexity index is 716. The molecule has 22 heavy (non-hydrogen) atoms. The second-order valence-electron chi connectivity index (χ2n) is 4.39. The van der Waals surface area contributed by atoms with Crippen LogP contribution in [0.1, 0.15) is 20.8 Å². The van der Waals surface area contributed by atoms with E-state index in [0.717, 1.165) is 4.47 Å². The minimum absolute atomic E-state index is 0.172. The number of hydrogen-bond acceptors (Lipinski definition) is 3. The number of nitrogens with zero attached hydrogens (tertiary/aromatic N) is 1. The first kappa shape index (κ1) is 15.9. The number of anilines is 1. The number of amides is 2. The lowest BCUT2D eigenvalue weighted by Crippen LogP contribution is -2.24. The Labute approximate surface area is 136 Å². The molecule has 0 aliphatic heterocycles. The highest BCUT2D eigenvalue weighted by Gasteiger charge is 2.11. The third-order valence-corrected chi connectivity index (χ3v) is 3.24. The molecule has 112 valence electrons. The standard InChI is InChI=1S/C16H14BrN3O2/c1-2-7-19-15(21)11-6-8-18-14(9-11)16(22)20-13-5-3-4-12(17)10-13/h2-6,8-10H,1,7H2,(H,19,21)(H,20,22).